The molecule has 0 heterocycles. The number of anilines is 2. The second kappa shape index (κ2) is 6.73. The number of para-hydroxylation sites is 2. The topological polar surface area (TPSA) is 37.4 Å². The normalized spacial score (nSPS) is 11.3. The van der Waals surface area contributed by atoms with Crippen molar-refractivity contribution in [2.75, 3.05) is 4.31 Å². The van der Waals surface area contributed by atoms with Crippen molar-refractivity contribution in [1.82, 2.24) is 0 Å². The highest BCUT2D eigenvalue weighted by Gasteiger charge is 2.29. The van der Waals surface area contributed by atoms with E-state index in [1.165, 1.54) is 4.31 Å². The lowest BCUT2D eigenvalue weighted by Crippen LogP contribution is -2.27. The zero-order chi connectivity index (χ0) is 18.0. The molecule has 0 atom stereocenters. The van der Waals surface area contributed by atoms with Crippen LogP contribution in [-0.2, 0) is 10.0 Å². The molecule has 25 heavy (non-hydrogen) atoms. The van der Waals surface area contributed by atoms with Crippen molar-refractivity contribution in [3.05, 3.63) is 89.5 Å². The Labute approximate surface area is 149 Å². The summed E-state index contributed by atoms with van der Waals surface area (Å²) < 4.78 is 28.6. The van der Waals surface area contributed by atoms with Gasteiger partial charge in [0.25, 0.3) is 10.0 Å². The molecule has 0 unspecified atom stereocenters. The summed E-state index contributed by atoms with van der Waals surface area (Å²) in [7, 11) is -3.75. The van der Waals surface area contributed by atoms with E-state index in [0.29, 0.717) is 16.3 Å². The summed E-state index contributed by atoms with van der Waals surface area (Å²) in [5.41, 5.74) is 3.81. The zero-order valence-electron chi connectivity index (χ0n) is 14.6. The Balaban J connectivity index is 2.27. The van der Waals surface area contributed by atoms with Crippen molar-refractivity contribution < 1.29 is 8.42 Å². The number of hydrogen-bond donors (Lipinski definition) is 0. The van der Waals surface area contributed by atoms with Gasteiger partial charge in [0.15, 0.2) is 0 Å². The quantitative estimate of drug-likeness (QED) is 0.653. The minimum absolute atomic E-state index is 0.366. The maximum Gasteiger partial charge on any atom is 0.269 e. The van der Waals surface area contributed by atoms with Crippen molar-refractivity contribution in [3.8, 4) is 0 Å². The molecule has 3 nitrogen and oxygen atoms in total. The maximum atomic E-state index is 13.6. The Morgan fingerprint density at radius 3 is 1.48 bits per heavy atom. The van der Waals surface area contributed by atoms with Gasteiger partial charge >= 0.3 is 0 Å². The Morgan fingerprint density at radius 1 is 0.680 bits per heavy atom. The molecule has 0 radical (unpaired) electrons. The number of hydrogen-bond acceptors (Lipinski definition) is 2. The molecule has 0 aliphatic rings. The molecule has 0 amide bonds. The first-order chi connectivity index (χ1) is 11.9. The molecule has 0 fully saturated rings. The predicted octanol–water partition coefficient (Wildman–Crippen LogP) is 5.14. The molecule has 0 bridgehead atoms. The van der Waals surface area contributed by atoms with E-state index in [1.807, 2.05) is 93.6 Å². The summed E-state index contributed by atoms with van der Waals surface area (Å²) in [6.07, 6.45) is 0. The highest BCUT2D eigenvalue weighted by Crippen LogP contribution is 2.34. The van der Waals surface area contributed by atoms with Gasteiger partial charge in [0, 0.05) is 0 Å². The van der Waals surface area contributed by atoms with E-state index in [4.69, 9.17) is 0 Å². The van der Waals surface area contributed by atoms with Crippen LogP contribution in [0.5, 0.6) is 0 Å². The van der Waals surface area contributed by atoms with E-state index in [2.05, 4.69) is 0 Å². The standard InChI is InChI=1S/C21H21NO2S/c1-16-14-17(2)21(18(3)15-16)25(23,24)22(19-10-6-4-7-11-19)20-12-8-5-9-13-20/h4-15H,1-3H3. The summed E-state index contributed by atoms with van der Waals surface area (Å²) in [5.74, 6) is 0. The number of sulfonamides is 1. The van der Waals surface area contributed by atoms with Gasteiger partial charge in [0.05, 0.1) is 16.3 Å². The molecule has 0 aromatic heterocycles. The van der Waals surface area contributed by atoms with Crippen LogP contribution in [-0.4, -0.2) is 8.42 Å². The molecule has 3 aromatic carbocycles. The molecule has 0 N–H and O–H groups in total. The Bertz CT molecular complexity index is 918. The van der Waals surface area contributed by atoms with E-state index in [0.717, 1.165) is 16.7 Å². The summed E-state index contributed by atoms with van der Waals surface area (Å²) in [4.78, 5) is 0.366. The molecular weight excluding hydrogens is 330 g/mol. The van der Waals surface area contributed by atoms with Gasteiger partial charge in [-0.25, -0.2) is 12.7 Å². The van der Waals surface area contributed by atoms with Crippen LogP contribution < -0.4 is 4.31 Å². The van der Waals surface area contributed by atoms with Crippen LogP contribution in [0.4, 0.5) is 11.4 Å². The predicted molar refractivity (Wildman–Crippen MR) is 103 cm³/mol. The lowest BCUT2D eigenvalue weighted by atomic mass is 10.1. The second-order valence-corrected chi connectivity index (χ2v) is 7.89. The molecule has 3 aromatic rings. The summed E-state index contributed by atoms with van der Waals surface area (Å²) in [5, 5.41) is 0. The molecule has 0 saturated heterocycles. The molecule has 0 saturated carbocycles. The minimum Gasteiger partial charge on any atom is -0.235 e. The van der Waals surface area contributed by atoms with Crippen LogP contribution in [0.3, 0.4) is 0 Å². The third kappa shape index (κ3) is 3.30. The van der Waals surface area contributed by atoms with Crippen molar-refractivity contribution in [3.63, 3.8) is 0 Å². The summed E-state index contributed by atoms with van der Waals surface area (Å²) in [6, 6.07) is 22.2. The van der Waals surface area contributed by atoms with Gasteiger partial charge in [-0.15, -0.1) is 0 Å². The second-order valence-electron chi connectivity index (χ2n) is 6.17. The van der Waals surface area contributed by atoms with E-state index < -0.39 is 10.0 Å². The third-order valence-electron chi connectivity index (χ3n) is 4.08. The molecule has 4 heteroatoms. The minimum atomic E-state index is -3.75. The lowest BCUT2D eigenvalue weighted by molar-refractivity contribution is 0.595. The van der Waals surface area contributed by atoms with Crippen LogP contribution >= 0.6 is 0 Å². The fourth-order valence-electron chi connectivity index (χ4n) is 3.22. The van der Waals surface area contributed by atoms with Crippen molar-refractivity contribution in [2.24, 2.45) is 0 Å². The maximum absolute atomic E-state index is 13.6. The first kappa shape index (κ1) is 17.2. The largest absolute Gasteiger partial charge is 0.269 e. The molecular formula is C21H21NO2S. The van der Waals surface area contributed by atoms with Gasteiger partial charge in [-0.2, -0.15) is 0 Å². The fourth-order valence-corrected chi connectivity index (χ4v) is 5.13. The Hall–Kier alpha value is -2.59. The van der Waals surface area contributed by atoms with E-state index in [9.17, 15) is 8.42 Å². The molecule has 0 aliphatic carbocycles. The van der Waals surface area contributed by atoms with Gasteiger partial charge in [0.2, 0.25) is 0 Å². The van der Waals surface area contributed by atoms with E-state index >= 15 is 0 Å². The van der Waals surface area contributed by atoms with Crippen LogP contribution in [0.2, 0.25) is 0 Å². The Kier molecular flexibility index (Phi) is 4.64. The summed E-state index contributed by atoms with van der Waals surface area (Å²) >= 11 is 0. The number of rotatable bonds is 4. The molecule has 0 aliphatic heterocycles. The van der Waals surface area contributed by atoms with Crippen LogP contribution in [0, 0.1) is 20.8 Å². The van der Waals surface area contributed by atoms with Gasteiger partial charge in [-0.3, -0.25) is 0 Å². The molecule has 0 spiro atoms. The van der Waals surface area contributed by atoms with Crippen LogP contribution in [0.1, 0.15) is 16.7 Å². The zero-order valence-corrected chi connectivity index (χ0v) is 15.4. The SMILES string of the molecule is Cc1cc(C)c(S(=O)(=O)N(c2ccccc2)c2ccccc2)c(C)c1. The number of aryl methyl sites for hydroxylation is 3. The number of nitrogens with zero attached hydrogens (tertiary/aromatic N) is 1. The van der Waals surface area contributed by atoms with Crippen molar-refractivity contribution in [1.29, 1.82) is 0 Å². The van der Waals surface area contributed by atoms with E-state index in [1.54, 1.807) is 0 Å². The van der Waals surface area contributed by atoms with Crippen molar-refractivity contribution in [2.45, 2.75) is 25.7 Å². The number of benzene rings is 3. The smallest absolute Gasteiger partial charge is 0.235 e. The average molecular weight is 351 g/mol. The average Bonchev–Trinajstić information content (AvgIpc) is 2.55. The monoisotopic (exact) mass is 351 g/mol. The van der Waals surface area contributed by atoms with Gasteiger partial charge in [0.1, 0.15) is 0 Å². The molecule has 3 rings (SSSR count). The first-order valence-corrected chi connectivity index (χ1v) is 9.58. The van der Waals surface area contributed by atoms with Crippen LogP contribution in [0.25, 0.3) is 0 Å². The van der Waals surface area contributed by atoms with Gasteiger partial charge < -0.3 is 0 Å². The van der Waals surface area contributed by atoms with E-state index in [-0.39, 0.29) is 0 Å². The van der Waals surface area contributed by atoms with Crippen LogP contribution in [0.15, 0.2) is 77.7 Å². The van der Waals surface area contributed by atoms with Gasteiger partial charge in [-0.05, 0) is 56.2 Å². The van der Waals surface area contributed by atoms with Crippen molar-refractivity contribution >= 4 is 21.4 Å². The third-order valence-corrected chi connectivity index (χ3v) is 6.15. The first-order valence-electron chi connectivity index (χ1n) is 8.14. The molecule has 128 valence electrons. The highest BCUT2D eigenvalue weighted by atomic mass is 32.2. The highest BCUT2D eigenvalue weighted by molar-refractivity contribution is 7.93. The lowest BCUT2D eigenvalue weighted by Gasteiger charge is -2.26. The summed E-state index contributed by atoms with van der Waals surface area (Å²) in [6.45, 7) is 5.67. The Morgan fingerprint density at radius 2 is 1.08 bits per heavy atom. The fraction of sp³-hybridized carbons (Fsp3) is 0.143. The van der Waals surface area contributed by atoms with Gasteiger partial charge in [-0.1, -0.05) is 54.1 Å².